The van der Waals surface area contributed by atoms with Gasteiger partial charge in [-0.15, -0.1) is 32.9 Å². The van der Waals surface area contributed by atoms with E-state index in [0.717, 1.165) is 28.2 Å². The average Bonchev–Trinajstić information content (AvgIpc) is 3.62. The van der Waals surface area contributed by atoms with E-state index < -0.39 is 0 Å². The van der Waals surface area contributed by atoms with E-state index in [1.165, 1.54) is 33.5 Å². The zero-order valence-electron chi connectivity index (χ0n) is 19.6. The summed E-state index contributed by atoms with van der Waals surface area (Å²) in [6.45, 7) is 4.89. The minimum Gasteiger partial charge on any atom is -0.302 e. The number of nitrogens with one attached hydrogen (secondary N) is 1. The molecule has 5 aromatic rings. The normalized spacial score (nSPS) is 11.1. The maximum atomic E-state index is 12.7. The van der Waals surface area contributed by atoms with Crippen LogP contribution < -0.4 is 5.32 Å². The highest BCUT2D eigenvalue weighted by atomic mass is 35.5. The van der Waals surface area contributed by atoms with Gasteiger partial charge in [-0.2, -0.15) is 0 Å². The molecule has 0 saturated carbocycles. The number of aryl methyl sites for hydroxylation is 1. The summed E-state index contributed by atoms with van der Waals surface area (Å²) in [5.74, 6) is 0.888. The van der Waals surface area contributed by atoms with E-state index in [1.807, 2.05) is 47.8 Å². The first-order valence-corrected chi connectivity index (χ1v) is 14.4. The van der Waals surface area contributed by atoms with Gasteiger partial charge in [-0.3, -0.25) is 4.79 Å². The van der Waals surface area contributed by atoms with Crippen molar-refractivity contribution in [2.24, 2.45) is 0 Å². The Labute approximate surface area is 226 Å². The van der Waals surface area contributed by atoms with Crippen molar-refractivity contribution in [2.75, 3.05) is 11.1 Å². The van der Waals surface area contributed by atoms with Gasteiger partial charge < -0.3 is 9.88 Å². The van der Waals surface area contributed by atoms with Crippen LogP contribution in [-0.2, 0) is 11.3 Å². The molecule has 0 aliphatic carbocycles. The van der Waals surface area contributed by atoms with Gasteiger partial charge >= 0.3 is 0 Å². The maximum absolute atomic E-state index is 12.7. The molecule has 10 heteroatoms. The van der Waals surface area contributed by atoms with E-state index >= 15 is 0 Å². The van der Waals surface area contributed by atoms with Crippen LogP contribution in [0.1, 0.15) is 11.8 Å². The molecule has 182 valence electrons. The van der Waals surface area contributed by atoms with E-state index in [2.05, 4.69) is 56.4 Å². The quantitative estimate of drug-likeness (QED) is 0.202. The number of thioether (sulfide) groups is 1. The third kappa shape index (κ3) is 5.24. The molecule has 0 aliphatic heterocycles. The van der Waals surface area contributed by atoms with Crippen LogP contribution in [0.2, 0.25) is 5.02 Å². The van der Waals surface area contributed by atoms with Gasteiger partial charge in [0.2, 0.25) is 5.91 Å². The molecule has 3 aromatic heterocycles. The topological polar surface area (TPSA) is 72.7 Å². The molecule has 2 aromatic carbocycles. The first-order valence-electron chi connectivity index (χ1n) is 11.2. The van der Waals surface area contributed by atoms with Crippen LogP contribution in [0.3, 0.4) is 0 Å². The van der Waals surface area contributed by atoms with Gasteiger partial charge in [0.25, 0.3) is 0 Å². The smallest absolute Gasteiger partial charge is 0.236 e. The Morgan fingerprint density at radius 3 is 2.56 bits per heavy atom. The Morgan fingerprint density at radius 1 is 1.03 bits per heavy atom. The number of hydrogen-bond donors (Lipinski definition) is 1. The number of nitrogens with zero attached hydrogens (tertiary/aromatic N) is 4. The Hall–Kier alpha value is -2.98. The first kappa shape index (κ1) is 24.7. The van der Waals surface area contributed by atoms with Crippen molar-refractivity contribution in [1.82, 2.24) is 19.7 Å². The predicted octanol–water partition coefficient (Wildman–Crippen LogP) is 7.51. The highest BCUT2D eigenvalue weighted by Gasteiger charge is 2.20. The Balaban J connectivity index is 1.29. The first-order chi connectivity index (χ1) is 17.5. The lowest BCUT2D eigenvalue weighted by Crippen LogP contribution is -2.14. The summed E-state index contributed by atoms with van der Waals surface area (Å²) >= 11 is 10.4. The number of rotatable bonds is 8. The van der Waals surface area contributed by atoms with Gasteiger partial charge in [0.1, 0.15) is 0 Å². The molecule has 0 fully saturated rings. The molecule has 1 N–H and O–H groups in total. The highest BCUT2D eigenvalue weighted by molar-refractivity contribution is 7.99. The summed E-state index contributed by atoms with van der Waals surface area (Å²) in [7, 11) is 0. The summed E-state index contributed by atoms with van der Waals surface area (Å²) in [5, 5.41) is 17.8. The molecule has 6 nitrogen and oxygen atoms in total. The van der Waals surface area contributed by atoms with Crippen molar-refractivity contribution in [2.45, 2.75) is 25.5 Å². The van der Waals surface area contributed by atoms with Crippen LogP contribution in [0.5, 0.6) is 0 Å². The lowest BCUT2D eigenvalue weighted by molar-refractivity contribution is -0.113. The second kappa shape index (κ2) is 11.0. The van der Waals surface area contributed by atoms with E-state index in [4.69, 9.17) is 11.6 Å². The fourth-order valence-corrected chi connectivity index (χ4v) is 6.36. The molecule has 0 unspecified atom stereocenters. The monoisotopic (exact) mass is 551 g/mol. The number of carbonyl (C=O) groups excluding carboxylic acids is 1. The number of anilines is 1. The third-order valence-electron chi connectivity index (χ3n) is 5.53. The molecule has 0 aliphatic rings. The van der Waals surface area contributed by atoms with E-state index in [9.17, 15) is 4.79 Å². The molecule has 0 saturated heterocycles. The van der Waals surface area contributed by atoms with Crippen LogP contribution in [0, 0.1) is 6.92 Å². The van der Waals surface area contributed by atoms with Crippen molar-refractivity contribution < 1.29 is 4.79 Å². The van der Waals surface area contributed by atoms with Gasteiger partial charge in [0.05, 0.1) is 11.4 Å². The zero-order chi connectivity index (χ0) is 25.1. The SMILES string of the molecule is CCn1c(SCC(=O)Nc2nc(-c3ccc(Cl)cc3)cs2)nnc1-c1csc(C)c1-c1ccccc1. The van der Waals surface area contributed by atoms with Gasteiger partial charge in [-0.05, 0) is 31.5 Å². The Kier molecular flexibility index (Phi) is 7.52. The maximum Gasteiger partial charge on any atom is 0.236 e. The molecule has 5 rings (SSSR count). The van der Waals surface area contributed by atoms with Gasteiger partial charge in [0, 0.05) is 43.9 Å². The molecular weight excluding hydrogens is 530 g/mol. The molecule has 36 heavy (non-hydrogen) atoms. The van der Waals surface area contributed by atoms with Crippen molar-refractivity contribution in [1.29, 1.82) is 0 Å². The zero-order valence-corrected chi connectivity index (χ0v) is 22.8. The molecule has 0 radical (unpaired) electrons. The summed E-state index contributed by atoms with van der Waals surface area (Å²) in [5.41, 5.74) is 5.15. The molecule has 3 heterocycles. The van der Waals surface area contributed by atoms with Crippen molar-refractivity contribution in [3.05, 3.63) is 75.3 Å². The third-order valence-corrected chi connectivity index (χ3v) is 8.42. The van der Waals surface area contributed by atoms with Gasteiger partial charge in [-0.1, -0.05) is 65.8 Å². The van der Waals surface area contributed by atoms with Crippen molar-refractivity contribution in [3.63, 3.8) is 0 Å². The molecule has 0 spiro atoms. The van der Waals surface area contributed by atoms with Crippen LogP contribution in [0.15, 0.2) is 70.5 Å². The van der Waals surface area contributed by atoms with Crippen LogP contribution >= 0.6 is 46.0 Å². The van der Waals surface area contributed by atoms with E-state index in [1.54, 1.807) is 11.3 Å². The standard InChI is InChI=1S/C26H22ClN5OS3/c1-3-32-24(20-13-34-16(2)23(20)18-7-5-4-6-8-18)30-31-26(32)36-15-22(33)29-25-28-21(14-35-25)17-9-11-19(27)12-10-17/h4-14H,3,15H2,1-2H3,(H,28,29,33). The average molecular weight is 552 g/mol. The molecular formula is C26H22ClN5OS3. The number of thiophene rings is 1. The largest absolute Gasteiger partial charge is 0.302 e. The fraction of sp³-hybridized carbons (Fsp3) is 0.154. The number of hydrogen-bond acceptors (Lipinski definition) is 7. The van der Waals surface area contributed by atoms with E-state index in [-0.39, 0.29) is 11.7 Å². The lowest BCUT2D eigenvalue weighted by Gasteiger charge is -2.09. The fourth-order valence-electron chi connectivity index (χ4n) is 3.83. The number of amides is 1. The highest BCUT2D eigenvalue weighted by Crippen LogP contribution is 2.39. The van der Waals surface area contributed by atoms with Crippen LogP contribution in [-0.4, -0.2) is 31.4 Å². The summed E-state index contributed by atoms with van der Waals surface area (Å²) in [4.78, 5) is 18.4. The summed E-state index contributed by atoms with van der Waals surface area (Å²) in [6.07, 6.45) is 0. The summed E-state index contributed by atoms with van der Waals surface area (Å²) in [6, 6.07) is 17.8. The second-order valence-electron chi connectivity index (χ2n) is 7.88. The Bertz CT molecular complexity index is 1490. The minimum atomic E-state index is -0.138. The van der Waals surface area contributed by atoms with Crippen LogP contribution in [0.4, 0.5) is 5.13 Å². The second-order valence-corrected chi connectivity index (χ2v) is 11.2. The minimum absolute atomic E-state index is 0.138. The van der Waals surface area contributed by atoms with E-state index in [0.29, 0.717) is 21.9 Å². The number of aromatic nitrogens is 4. The number of halogens is 1. The number of benzene rings is 2. The van der Waals surface area contributed by atoms with Gasteiger partial charge in [-0.25, -0.2) is 4.98 Å². The number of carbonyl (C=O) groups is 1. The predicted molar refractivity (Wildman–Crippen MR) is 151 cm³/mol. The molecule has 0 bridgehead atoms. The number of thiazole rings is 1. The lowest BCUT2D eigenvalue weighted by atomic mass is 10.0. The van der Waals surface area contributed by atoms with Crippen molar-refractivity contribution >= 4 is 57.1 Å². The van der Waals surface area contributed by atoms with Crippen LogP contribution in [0.25, 0.3) is 33.8 Å². The van der Waals surface area contributed by atoms with Gasteiger partial charge in [0.15, 0.2) is 16.1 Å². The summed E-state index contributed by atoms with van der Waals surface area (Å²) < 4.78 is 2.06. The van der Waals surface area contributed by atoms with Crippen molar-refractivity contribution in [3.8, 4) is 33.8 Å². The Morgan fingerprint density at radius 2 is 1.81 bits per heavy atom. The molecule has 1 amide bonds. The molecule has 0 atom stereocenters.